The topological polar surface area (TPSA) is 61.4 Å². The summed E-state index contributed by atoms with van der Waals surface area (Å²) in [5.41, 5.74) is 0. The highest BCUT2D eigenvalue weighted by molar-refractivity contribution is 5.79. The van der Waals surface area contributed by atoms with Crippen LogP contribution in [0.3, 0.4) is 0 Å². The van der Waals surface area contributed by atoms with E-state index in [0.29, 0.717) is 11.8 Å². The minimum atomic E-state index is -0.757. The van der Waals surface area contributed by atoms with E-state index < -0.39 is 6.23 Å². The molecule has 4 heteroatoms. The SMILES string of the molecule is CC(C)CCNC(CC1CCCCC1)C(O)NC(=O)C1CCCC1. The summed E-state index contributed by atoms with van der Waals surface area (Å²) in [5.74, 6) is 1.51. The van der Waals surface area contributed by atoms with Crippen LogP contribution in [0.5, 0.6) is 0 Å². The average Bonchev–Trinajstić information content (AvgIpc) is 3.09. The third kappa shape index (κ3) is 6.72. The van der Waals surface area contributed by atoms with Crippen molar-refractivity contribution < 1.29 is 9.90 Å². The lowest BCUT2D eigenvalue weighted by Gasteiger charge is -2.31. The Hall–Kier alpha value is -0.610. The predicted octanol–water partition coefficient (Wildman–Crippen LogP) is 3.59. The van der Waals surface area contributed by atoms with Crippen molar-refractivity contribution in [2.45, 2.75) is 96.7 Å². The largest absolute Gasteiger partial charge is 0.372 e. The molecule has 2 aliphatic rings. The Morgan fingerprint density at radius 3 is 2.29 bits per heavy atom. The van der Waals surface area contributed by atoms with Crippen molar-refractivity contribution in [1.29, 1.82) is 0 Å². The molecule has 2 aliphatic carbocycles. The number of rotatable bonds is 9. The summed E-state index contributed by atoms with van der Waals surface area (Å²) in [6, 6.07) is -0.0165. The van der Waals surface area contributed by atoms with Crippen LogP contribution in [0.25, 0.3) is 0 Å². The standard InChI is InChI=1S/C20H38N2O2/c1-15(2)12-13-21-18(14-16-8-4-3-5-9-16)20(24)22-19(23)17-10-6-7-11-17/h15-18,20-21,24H,3-14H2,1-2H3,(H,22,23). The summed E-state index contributed by atoms with van der Waals surface area (Å²) in [5, 5.41) is 17.1. The van der Waals surface area contributed by atoms with Gasteiger partial charge in [0.2, 0.25) is 5.91 Å². The first kappa shape index (κ1) is 19.7. The van der Waals surface area contributed by atoms with E-state index in [0.717, 1.165) is 45.1 Å². The fraction of sp³-hybridized carbons (Fsp3) is 0.950. The monoisotopic (exact) mass is 338 g/mol. The molecule has 0 saturated heterocycles. The van der Waals surface area contributed by atoms with Crippen LogP contribution in [-0.2, 0) is 4.79 Å². The average molecular weight is 339 g/mol. The Kier molecular flexibility index (Phi) is 8.54. The van der Waals surface area contributed by atoms with Crippen LogP contribution in [-0.4, -0.2) is 29.8 Å². The second-order valence-electron chi connectivity index (χ2n) is 8.42. The molecular weight excluding hydrogens is 300 g/mol. The molecule has 2 saturated carbocycles. The van der Waals surface area contributed by atoms with Crippen LogP contribution in [0.4, 0.5) is 0 Å². The van der Waals surface area contributed by atoms with Gasteiger partial charge in [0, 0.05) is 5.92 Å². The highest BCUT2D eigenvalue weighted by Gasteiger charge is 2.29. The van der Waals surface area contributed by atoms with Crippen LogP contribution in [0, 0.1) is 17.8 Å². The quantitative estimate of drug-likeness (QED) is 0.563. The van der Waals surface area contributed by atoms with Crippen molar-refractivity contribution in [3.63, 3.8) is 0 Å². The predicted molar refractivity (Wildman–Crippen MR) is 98.5 cm³/mol. The molecule has 1 amide bonds. The Morgan fingerprint density at radius 1 is 1.04 bits per heavy atom. The lowest BCUT2D eigenvalue weighted by Crippen LogP contribution is -2.52. The molecule has 0 bridgehead atoms. The smallest absolute Gasteiger partial charge is 0.225 e. The zero-order chi connectivity index (χ0) is 17.4. The maximum Gasteiger partial charge on any atom is 0.225 e. The number of hydrogen-bond acceptors (Lipinski definition) is 3. The lowest BCUT2D eigenvalue weighted by atomic mass is 9.84. The minimum absolute atomic E-state index is 0.0165. The molecule has 0 radical (unpaired) electrons. The van der Waals surface area contributed by atoms with Gasteiger partial charge < -0.3 is 15.7 Å². The number of aliphatic hydroxyl groups is 1. The first-order valence-electron chi connectivity index (χ1n) is 10.3. The van der Waals surface area contributed by atoms with E-state index in [1.54, 1.807) is 0 Å². The molecule has 0 aromatic rings. The molecule has 0 spiro atoms. The Bertz CT molecular complexity index is 361. The second-order valence-corrected chi connectivity index (χ2v) is 8.42. The third-order valence-corrected chi connectivity index (χ3v) is 5.84. The summed E-state index contributed by atoms with van der Waals surface area (Å²) in [7, 11) is 0. The Balaban J connectivity index is 1.84. The summed E-state index contributed by atoms with van der Waals surface area (Å²) >= 11 is 0. The van der Waals surface area contributed by atoms with Crippen molar-refractivity contribution in [3.05, 3.63) is 0 Å². The van der Waals surface area contributed by atoms with Crippen LogP contribution < -0.4 is 10.6 Å². The van der Waals surface area contributed by atoms with E-state index in [4.69, 9.17) is 0 Å². The van der Waals surface area contributed by atoms with Gasteiger partial charge in [0.1, 0.15) is 6.23 Å². The van der Waals surface area contributed by atoms with Crippen LogP contribution >= 0.6 is 0 Å². The number of aliphatic hydroxyl groups excluding tert-OH is 1. The van der Waals surface area contributed by atoms with Gasteiger partial charge in [-0.15, -0.1) is 0 Å². The van der Waals surface area contributed by atoms with E-state index in [2.05, 4.69) is 24.5 Å². The fourth-order valence-electron chi connectivity index (χ4n) is 4.22. The zero-order valence-electron chi connectivity index (χ0n) is 15.7. The Labute approximate surface area is 148 Å². The van der Waals surface area contributed by atoms with Crippen molar-refractivity contribution >= 4 is 5.91 Å². The van der Waals surface area contributed by atoms with Crippen molar-refractivity contribution in [3.8, 4) is 0 Å². The van der Waals surface area contributed by atoms with Gasteiger partial charge in [-0.2, -0.15) is 0 Å². The van der Waals surface area contributed by atoms with E-state index in [-0.39, 0.29) is 17.9 Å². The van der Waals surface area contributed by atoms with Gasteiger partial charge in [0.15, 0.2) is 0 Å². The molecule has 0 aromatic carbocycles. The van der Waals surface area contributed by atoms with Crippen LogP contribution in [0.15, 0.2) is 0 Å². The molecule has 0 aromatic heterocycles. The van der Waals surface area contributed by atoms with Gasteiger partial charge in [0.05, 0.1) is 6.04 Å². The van der Waals surface area contributed by atoms with Gasteiger partial charge in [0.25, 0.3) is 0 Å². The molecule has 3 N–H and O–H groups in total. The summed E-state index contributed by atoms with van der Waals surface area (Å²) in [6.07, 6.45) is 12.1. The van der Waals surface area contributed by atoms with Crippen LogP contribution in [0.1, 0.15) is 84.5 Å². The molecule has 2 rings (SSSR count). The highest BCUT2D eigenvalue weighted by Crippen LogP contribution is 2.28. The molecule has 140 valence electrons. The van der Waals surface area contributed by atoms with Gasteiger partial charge >= 0.3 is 0 Å². The molecular formula is C20H38N2O2. The number of amides is 1. The van der Waals surface area contributed by atoms with E-state index in [1.165, 1.54) is 32.1 Å². The molecule has 0 aliphatic heterocycles. The summed E-state index contributed by atoms with van der Waals surface area (Å²) in [4.78, 5) is 12.3. The molecule has 2 fully saturated rings. The van der Waals surface area contributed by atoms with Gasteiger partial charge in [-0.1, -0.05) is 58.8 Å². The van der Waals surface area contributed by atoms with E-state index >= 15 is 0 Å². The lowest BCUT2D eigenvalue weighted by molar-refractivity contribution is -0.128. The van der Waals surface area contributed by atoms with Crippen molar-refractivity contribution in [2.24, 2.45) is 17.8 Å². The number of nitrogens with one attached hydrogen (secondary N) is 2. The maximum absolute atomic E-state index is 12.3. The highest BCUT2D eigenvalue weighted by atomic mass is 16.3. The molecule has 2 atom stereocenters. The molecule has 4 nitrogen and oxygen atoms in total. The Morgan fingerprint density at radius 2 is 1.67 bits per heavy atom. The number of carbonyl (C=O) groups is 1. The molecule has 0 heterocycles. The van der Waals surface area contributed by atoms with Crippen molar-refractivity contribution in [2.75, 3.05) is 6.54 Å². The van der Waals surface area contributed by atoms with Crippen LogP contribution in [0.2, 0.25) is 0 Å². The van der Waals surface area contributed by atoms with Gasteiger partial charge in [-0.3, -0.25) is 4.79 Å². The van der Waals surface area contributed by atoms with E-state index in [9.17, 15) is 9.90 Å². The number of hydrogen-bond donors (Lipinski definition) is 3. The molecule has 2 unspecified atom stereocenters. The zero-order valence-corrected chi connectivity index (χ0v) is 15.7. The van der Waals surface area contributed by atoms with E-state index in [1.807, 2.05) is 0 Å². The minimum Gasteiger partial charge on any atom is -0.372 e. The fourth-order valence-corrected chi connectivity index (χ4v) is 4.22. The first-order chi connectivity index (χ1) is 11.6. The second kappa shape index (κ2) is 10.4. The summed E-state index contributed by atoms with van der Waals surface area (Å²) < 4.78 is 0. The normalized spacial score (nSPS) is 22.7. The maximum atomic E-state index is 12.3. The van der Waals surface area contributed by atoms with Gasteiger partial charge in [-0.25, -0.2) is 0 Å². The molecule has 24 heavy (non-hydrogen) atoms. The first-order valence-corrected chi connectivity index (χ1v) is 10.3. The summed E-state index contributed by atoms with van der Waals surface area (Å²) in [6.45, 7) is 5.34. The third-order valence-electron chi connectivity index (χ3n) is 5.84. The van der Waals surface area contributed by atoms with Gasteiger partial charge in [-0.05, 0) is 44.1 Å². The number of carbonyl (C=O) groups excluding carboxylic acids is 1. The van der Waals surface area contributed by atoms with Crippen molar-refractivity contribution in [1.82, 2.24) is 10.6 Å².